The van der Waals surface area contributed by atoms with Gasteiger partial charge in [-0.15, -0.1) is 0 Å². The fourth-order valence-corrected chi connectivity index (χ4v) is 1.18. The monoisotopic (exact) mass is 111 g/mol. The normalized spacial score (nSPS) is 31.5. The molecule has 2 fully saturated rings. The van der Waals surface area contributed by atoms with Gasteiger partial charge in [0.25, 0.3) is 0 Å². The Morgan fingerprint density at radius 1 is 1.25 bits per heavy atom. The third-order valence-corrected chi connectivity index (χ3v) is 2.09. The van der Waals surface area contributed by atoms with Crippen molar-refractivity contribution in [2.24, 2.45) is 0 Å². The SMILES string of the molecule is C1CN(C2C[N]C2)C1. The van der Waals surface area contributed by atoms with Crippen molar-refractivity contribution < 1.29 is 0 Å². The van der Waals surface area contributed by atoms with Crippen molar-refractivity contribution in [2.45, 2.75) is 12.5 Å². The molecular formula is C6H11N2. The van der Waals surface area contributed by atoms with Crippen LogP contribution in [0.2, 0.25) is 0 Å². The van der Waals surface area contributed by atoms with E-state index in [9.17, 15) is 0 Å². The van der Waals surface area contributed by atoms with Crippen molar-refractivity contribution in [2.75, 3.05) is 26.2 Å². The minimum absolute atomic E-state index is 0.851. The molecule has 0 spiro atoms. The second kappa shape index (κ2) is 1.71. The molecule has 8 heavy (non-hydrogen) atoms. The Bertz CT molecular complexity index is 72.5. The van der Waals surface area contributed by atoms with E-state index in [2.05, 4.69) is 10.2 Å². The number of nitrogens with zero attached hydrogens (tertiary/aromatic N) is 2. The molecule has 0 saturated carbocycles. The van der Waals surface area contributed by atoms with Crippen LogP contribution in [0.5, 0.6) is 0 Å². The maximum atomic E-state index is 4.16. The molecule has 0 N–H and O–H groups in total. The summed E-state index contributed by atoms with van der Waals surface area (Å²) >= 11 is 0. The smallest absolute Gasteiger partial charge is 0.0378 e. The predicted octanol–water partition coefficient (Wildman–Crippen LogP) is -0.321. The lowest BCUT2D eigenvalue weighted by Gasteiger charge is -2.42. The summed E-state index contributed by atoms with van der Waals surface area (Å²) in [5.41, 5.74) is 0. The van der Waals surface area contributed by atoms with E-state index in [0.29, 0.717) is 0 Å². The van der Waals surface area contributed by atoms with E-state index in [0.717, 1.165) is 19.1 Å². The van der Waals surface area contributed by atoms with E-state index >= 15 is 0 Å². The summed E-state index contributed by atoms with van der Waals surface area (Å²) < 4.78 is 0. The van der Waals surface area contributed by atoms with Crippen LogP contribution in [0.15, 0.2) is 0 Å². The van der Waals surface area contributed by atoms with Crippen LogP contribution in [-0.2, 0) is 0 Å². The van der Waals surface area contributed by atoms with Crippen LogP contribution in [0.25, 0.3) is 0 Å². The number of hydrogen-bond acceptors (Lipinski definition) is 1. The highest BCUT2D eigenvalue weighted by atomic mass is 15.3. The van der Waals surface area contributed by atoms with Gasteiger partial charge in [0.1, 0.15) is 0 Å². The van der Waals surface area contributed by atoms with E-state index in [1.807, 2.05) is 0 Å². The van der Waals surface area contributed by atoms with Gasteiger partial charge in [0.2, 0.25) is 0 Å². The van der Waals surface area contributed by atoms with Gasteiger partial charge in [-0.05, 0) is 19.5 Å². The third-order valence-electron chi connectivity index (χ3n) is 2.09. The minimum Gasteiger partial charge on any atom is -0.298 e. The van der Waals surface area contributed by atoms with Gasteiger partial charge >= 0.3 is 0 Å². The summed E-state index contributed by atoms with van der Waals surface area (Å²) in [6.07, 6.45) is 1.41. The molecule has 0 aromatic carbocycles. The first-order valence-corrected chi connectivity index (χ1v) is 3.34. The molecule has 0 atom stereocenters. The van der Waals surface area contributed by atoms with Gasteiger partial charge in [-0.2, -0.15) is 0 Å². The van der Waals surface area contributed by atoms with Gasteiger partial charge in [0, 0.05) is 19.1 Å². The Morgan fingerprint density at radius 3 is 2.12 bits per heavy atom. The number of rotatable bonds is 1. The van der Waals surface area contributed by atoms with Gasteiger partial charge in [-0.3, -0.25) is 4.90 Å². The zero-order chi connectivity index (χ0) is 5.40. The lowest BCUT2D eigenvalue weighted by atomic mass is 10.1. The summed E-state index contributed by atoms with van der Waals surface area (Å²) in [5, 5.41) is 4.16. The highest BCUT2D eigenvalue weighted by Gasteiger charge is 2.28. The molecule has 0 aromatic heterocycles. The molecule has 2 rings (SSSR count). The Kier molecular flexibility index (Phi) is 1.02. The van der Waals surface area contributed by atoms with Gasteiger partial charge in [-0.1, -0.05) is 0 Å². The standard InChI is InChI=1S/C6H11N2/c1-2-8(3-1)6-4-7-5-6/h6H,1-5H2. The molecule has 0 amide bonds. The minimum atomic E-state index is 0.851. The first-order chi connectivity index (χ1) is 3.97. The maximum absolute atomic E-state index is 4.16. The highest BCUT2D eigenvalue weighted by Crippen LogP contribution is 2.14. The summed E-state index contributed by atoms with van der Waals surface area (Å²) in [5.74, 6) is 0. The lowest BCUT2D eigenvalue weighted by Crippen LogP contribution is -2.58. The number of likely N-dealkylation sites (tertiary alicyclic amines) is 1. The fourth-order valence-electron chi connectivity index (χ4n) is 1.18. The van der Waals surface area contributed by atoms with E-state index < -0.39 is 0 Å². The molecule has 0 aromatic rings. The topological polar surface area (TPSA) is 17.3 Å². The predicted molar refractivity (Wildman–Crippen MR) is 31.8 cm³/mol. The zero-order valence-electron chi connectivity index (χ0n) is 5.01. The molecule has 2 saturated heterocycles. The van der Waals surface area contributed by atoms with Crippen molar-refractivity contribution in [1.82, 2.24) is 10.2 Å². The van der Waals surface area contributed by atoms with Crippen molar-refractivity contribution in [3.05, 3.63) is 0 Å². The Labute approximate surface area is 49.9 Å². The second-order valence-electron chi connectivity index (χ2n) is 2.63. The summed E-state index contributed by atoms with van der Waals surface area (Å²) in [4.78, 5) is 2.52. The Morgan fingerprint density at radius 2 is 2.00 bits per heavy atom. The molecule has 1 radical (unpaired) electrons. The zero-order valence-corrected chi connectivity index (χ0v) is 5.01. The average Bonchev–Trinajstić information content (AvgIpc) is 1.47. The molecule has 2 heteroatoms. The molecule has 45 valence electrons. The van der Waals surface area contributed by atoms with Gasteiger partial charge in [0.05, 0.1) is 0 Å². The van der Waals surface area contributed by atoms with E-state index in [4.69, 9.17) is 0 Å². The molecule has 0 bridgehead atoms. The lowest BCUT2D eigenvalue weighted by molar-refractivity contribution is 0.0806. The Balaban J connectivity index is 1.79. The molecule has 0 aliphatic carbocycles. The van der Waals surface area contributed by atoms with E-state index in [1.165, 1.54) is 19.5 Å². The first kappa shape index (κ1) is 4.77. The molecule has 2 aliphatic rings. The highest BCUT2D eigenvalue weighted by molar-refractivity contribution is 4.87. The summed E-state index contributed by atoms with van der Waals surface area (Å²) in [6.45, 7) is 4.89. The summed E-state index contributed by atoms with van der Waals surface area (Å²) in [6, 6.07) is 0.851. The van der Waals surface area contributed by atoms with Gasteiger partial charge in [-0.25, -0.2) is 5.32 Å². The van der Waals surface area contributed by atoms with Crippen molar-refractivity contribution in [3.8, 4) is 0 Å². The summed E-state index contributed by atoms with van der Waals surface area (Å²) in [7, 11) is 0. The van der Waals surface area contributed by atoms with Gasteiger partial charge in [0.15, 0.2) is 0 Å². The van der Waals surface area contributed by atoms with Crippen LogP contribution in [0, 0.1) is 0 Å². The molecular weight excluding hydrogens is 100 g/mol. The van der Waals surface area contributed by atoms with E-state index in [-0.39, 0.29) is 0 Å². The van der Waals surface area contributed by atoms with Crippen LogP contribution < -0.4 is 5.32 Å². The first-order valence-electron chi connectivity index (χ1n) is 3.34. The molecule has 2 nitrogen and oxygen atoms in total. The van der Waals surface area contributed by atoms with Gasteiger partial charge < -0.3 is 0 Å². The molecule has 2 aliphatic heterocycles. The number of hydrogen-bond donors (Lipinski definition) is 0. The fraction of sp³-hybridized carbons (Fsp3) is 1.00. The van der Waals surface area contributed by atoms with Crippen molar-refractivity contribution in [3.63, 3.8) is 0 Å². The van der Waals surface area contributed by atoms with Crippen LogP contribution in [0.4, 0.5) is 0 Å². The van der Waals surface area contributed by atoms with E-state index in [1.54, 1.807) is 0 Å². The second-order valence-corrected chi connectivity index (χ2v) is 2.63. The largest absolute Gasteiger partial charge is 0.298 e. The van der Waals surface area contributed by atoms with Crippen LogP contribution in [0.3, 0.4) is 0 Å². The molecule has 2 heterocycles. The molecule has 0 unspecified atom stereocenters. The third kappa shape index (κ3) is 0.565. The van der Waals surface area contributed by atoms with Crippen LogP contribution in [-0.4, -0.2) is 37.1 Å². The Hall–Kier alpha value is -0.0800. The average molecular weight is 111 g/mol. The van der Waals surface area contributed by atoms with Crippen molar-refractivity contribution >= 4 is 0 Å². The van der Waals surface area contributed by atoms with Crippen LogP contribution in [0.1, 0.15) is 6.42 Å². The quantitative estimate of drug-likeness (QED) is 0.453. The van der Waals surface area contributed by atoms with Crippen LogP contribution >= 0.6 is 0 Å². The maximum Gasteiger partial charge on any atom is 0.0378 e. The van der Waals surface area contributed by atoms with Crippen molar-refractivity contribution in [1.29, 1.82) is 0 Å².